The maximum absolute atomic E-state index is 12.7. The fraction of sp³-hybridized carbons (Fsp3) is 0.458. The van der Waals surface area contributed by atoms with E-state index in [4.69, 9.17) is 9.26 Å². The van der Waals surface area contributed by atoms with Gasteiger partial charge in [-0.2, -0.15) is 0 Å². The van der Waals surface area contributed by atoms with Gasteiger partial charge in [0.25, 0.3) is 5.91 Å². The van der Waals surface area contributed by atoms with Gasteiger partial charge in [0.2, 0.25) is 5.91 Å². The molecule has 7 nitrogen and oxygen atoms in total. The second-order valence-electron chi connectivity index (χ2n) is 8.43. The summed E-state index contributed by atoms with van der Waals surface area (Å²) in [4.78, 5) is 29.2. The Hall–Kier alpha value is -3.09. The summed E-state index contributed by atoms with van der Waals surface area (Å²) >= 11 is 0. The largest absolute Gasteiger partial charge is 0.493 e. The van der Waals surface area contributed by atoms with Crippen molar-refractivity contribution in [3.05, 3.63) is 53.4 Å². The normalized spacial score (nSPS) is 18.1. The van der Waals surface area contributed by atoms with E-state index in [1.807, 2.05) is 47.1 Å². The third-order valence-electron chi connectivity index (χ3n) is 6.33. The van der Waals surface area contributed by atoms with Crippen LogP contribution in [0.3, 0.4) is 0 Å². The van der Waals surface area contributed by atoms with Gasteiger partial charge < -0.3 is 19.1 Å². The molecular weight excluding hydrogens is 394 g/mol. The van der Waals surface area contributed by atoms with Crippen molar-refractivity contribution < 1.29 is 18.8 Å². The van der Waals surface area contributed by atoms with Crippen LogP contribution in [0.4, 0.5) is 0 Å². The average molecular weight is 424 g/mol. The van der Waals surface area contributed by atoms with E-state index in [-0.39, 0.29) is 17.2 Å². The van der Waals surface area contributed by atoms with Crippen LogP contribution in [0.2, 0.25) is 0 Å². The van der Waals surface area contributed by atoms with Gasteiger partial charge in [0.1, 0.15) is 11.5 Å². The van der Waals surface area contributed by atoms with E-state index in [1.165, 1.54) is 0 Å². The Kier molecular flexibility index (Phi) is 6.11. The molecule has 7 heteroatoms. The zero-order chi connectivity index (χ0) is 21.8. The number of hydrogen-bond acceptors (Lipinski definition) is 5. The Balaban J connectivity index is 1.32. The number of amides is 2. The highest BCUT2D eigenvalue weighted by molar-refractivity contribution is 5.93. The predicted molar refractivity (Wildman–Crippen MR) is 117 cm³/mol. The lowest BCUT2D eigenvalue weighted by atomic mass is 9.78. The minimum Gasteiger partial charge on any atom is -0.493 e. The number of nitrogens with zero attached hydrogens (tertiary/aromatic N) is 3. The molecule has 0 unspecified atom stereocenters. The number of ether oxygens (including phenoxy) is 1. The number of hydrogen-bond donors (Lipinski definition) is 0. The molecule has 2 amide bonds. The lowest BCUT2D eigenvalue weighted by Crippen LogP contribution is -2.44. The highest BCUT2D eigenvalue weighted by Gasteiger charge is 2.43. The number of carbonyl (C=O) groups excluding carboxylic acids is 2. The van der Waals surface area contributed by atoms with Crippen molar-refractivity contribution in [2.24, 2.45) is 5.41 Å². The summed E-state index contributed by atoms with van der Waals surface area (Å²) in [6.45, 7) is 7.18. The number of aryl methyl sites for hydroxylation is 1. The molecule has 0 bridgehead atoms. The zero-order valence-corrected chi connectivity index (χ0v) is 18.2. The molecule has 0 atom stereocenters. The quantitative estimate of drug-likeness (QED) is 0.688. The Morgan fingerprint density at radius 2 is 1.87 bits per heavy atom. The van der Waals surface area contributed by atoms with E-state index in [9.17, 15) is 9.59 Å². The van der Waals surface area contributed by atoms with Crippen LogP contribution in [0.1, 0.15) is 48.0 Å². The maximum atomic E-state index is 12.7. The number of benzene rings is 1. The first kappa shape index (κ1) is 21.2. The van der Waals surface area contributed by atoms with Gasteiger partial charge in [-0.15, -0.1) is 0 Å². The van der Waals surface area contributed by atoms with Crippen molar-refractivity contribution in [1.82, 2.24) is 15.0 Å². The number of carbonyl (C=O) groups is 2. The number of piperidine rings is 1. The number of aromatic nitrogens is 1. The second-order valence-corrected chi connectivity index (χ2v) is 8.43. The molecule has 31 heavy (non-hydrogen) atoms. The van der Waals surface area contributed by atoms with Crippen molar-refractivity contribution in [2.75, 3.05) is 32.8 Å². The standard InChI is InChI=1S/C24H29N3O4/c1-3-30-21-7-5-4-6-19(21)8-9-22(28)26-13-10-24(11-14-26)12-15-27(17-24)23(29)20-16-18(2)31-25-20/h4-9,16H,3,10-15,17H2,1-2H3. The molecule has 0 aliphatic carbocycles. The fourth-order valence-electron chi connectivity index (χ4n) is 4.52. The summed E-state index contributed by atoms with van der Waals surface area (Å²) < 4.78 is 10.7. The highest BCUT2D eigenvalue weighted by Crippen LogP contribution is 2.40. The fourth-order valence-corrected chi connectivity index (χ4v) is 4.52. The topological polar surface area (TPSA) is 75.9 Å². The SMILES string of the molecule is CCOc1ccccc1C=CC(=O)N1CCC2(CC1)CCN(C(=O)c1cc(C)on1)C2. The van der Waals surface area contributed by atoms with Gasteiger partial charge in [0.05, 0.1) is 6.61 Å². The first-order valence-electron chi connectivity index (χ1n) is 10.9. The van der Waals surface area contributed by atoms with E-state index in [2.05, 4.69) is 5.16 Å². The summed E-state index contributed by atoms with van der Waals surface area (Å²) in [6.07, 6.45) is 6.24. The van der Waals surface area contributed by atoms with Gasteiger partial charge in [-0.25, -0.2) is 0 Å². The van der Waals surface area contributed by atoms with Crippen molar-refractivity contribution in [3.8, 4) is 5.75 Å². The summed E-state index contributed by atoms with van der Waals surface area (Å²) in [5.41, 5.74) is 1.37. The van der Waals surface area contributed by atoms with Crippen LogP contribution in [-0.2, 0) is 4.79 Å². The van der Waals surface area contributed by atoms with Crippen LogP contribution in [0.15, 0.2) is 40.9 Å². The van der Waals surface area contributed by atoms with Gasteiger partial charge in [0, 0.05) is 43.9 Å². The van der Waals surface area contributed by atoms with Gasteiger partial charge >= 0.3 is 0 Å². The zero-order valence-electron chi connectivity index (χ0n) is 18.2. The third kappa shape index (κ3) is 4.65. The molecule has 0 saturated carbocycles. The molecule has 2 aliphatic rings. The minimum atomic E-state index is -0.0665. The summed E-state index contributed by atoms with van der Waals surface area (Å²) in [5, 5.41) is 3.86. The number of likely N-dealkylation sites (tertiary alicyclic amines) is 2. The Labute approximate surface area is 182 Å². The Morgan fingerprint density at radius 3 is 2.55 bits per heavy atom. The lowest BCUT2D eigenvalue weighted by Gasteiger charge is -2.38. The molecule has 2 aliphatic heterocycles. The minimum absolute atomic E-state index is 0.0187. The van der Waals surface area contributed by atoms with Crippen LogP contribution < -0.4 is 4.74 Å². The monoisotopic (exact) mass is 423 g/mol. The highest BCUT2D eigenvalue weighted by atomic mass is 16.5. The summed E-state index contributed by atoms with van der Waals surface area (Å²) in [7, 11) is 0. The van der Waals surface area contributed by atoms with Crippen LogP contribution in [0, 0.1) is 12.3 Å². The van der Waals surface area contributed by atoms with Gasteiger partial charge in [-0.1, -0.05) is 23.4 Å². The number of rotatable bonds is 5. The molecule has 164 valence electrons. The van der Waals surface area contributed by atoms with E-state index in [0.29, 0.717) is 31.2 Å². The van der Waals surface area contributed by atoms with Crippen LogP contribution in [0.5, 0.6) is 5.75 Å². The van der Waals surface area contributed by atoms with Crippen LogP contribution in [-0.4, -0.2) is 59.6 Å². The third-order valence-corrected chi connectivity index (χ3v) is 6.33. The molecule has 3 heterocycles. The Morgan fingerprint density at radius 1 is 1.16 bits per heavy atom. The molecular formula is C24H29N3O4. The molecule has 2 aromatic rings. The second kappa shape index (κ2) is 8.96. The maximum Gasteiger partial charge on any atom is 0.276 e. The van der Waals surface area contributed by atoms with Crippen molar-refractivity contribution in [2.45, 2.75) is 33.1 Å². The predicted octanol–water partition coefficient (Wildman–Crippen LogP) is 3.55. The molecule has 1 aromatic heterocycles. The molecule has 1 aromatic carbocycles. The average Bonchev–Trinajstić information content (AvgIpc) is 3.40. The van der Waals surface area contributed by atoms with Crippen molar-refractivity contribution in [3.63, 3.8) is 0 Å². The molecule has 0 radical (unpaired) electrons. The summed E-state index contributed by atoms with van der Waals surface area (Å²) in [6, 6.07) is 9.40. The summed E-state index contributed by atoms with van der Waals surface area (Å²) in [5.74, 6) is 1.37. The van der Waals surface area contributed by atoms with Gasteiger partial charge in [0.15, 0.2) is 5.69 Å². The van der Waals surface area contributed by atoms with Crippen LogP contribution in [0.25, 0.3) is 6.08 Å². The molecule has 2 saturated heterocycles. The van der Waals surface area contributed by atoms with E-state index in [1.54, 1.807) is 19.1 Å². The first-order chi connectivity index (χ1) is 15.0. The molecule has 0 N–H and O–H groups in total. The lowest BCUT2D eigenvalue weighted by molar-refractivity contribution is -0.128. The van der Waals surface area contributed by atoms with E-state index in [0.717, 1.165) is 43.7 Å². The smallest absolute Gasteiger partial charge is 0.276 e. The van der Waals surface area contributed by atoms with E-state index >= 15 is 0 Å². The van der Waals surface area contributed by atoms with Crippen LogP contribution >= 0.6 is 0 Å². The van der Waals surface area contributed by atoms with Crippen molar-refractivity contribution in [1.29, 1.82) is 0 Å². The van der Waals surface area contributed by atoms with Gasteiger partial charge in [-0.05, 0) is 50.7 Å². The Bertz CT molecular complexity index is 973. The molecule has 2 fully saturated rings. The molecule has 4 rings (SSSR count). The molecule has 1 spiro atoms. The van der Waals surface area contributed by atoms with Gasteiger partial charge in [-0.3, -0.25) is 9.59 Å². The first-order valence-corrected chi connectivity index (χ1v) is 10.9. The van der Waals surface area contributed by atoms with E-state index < -0.39 is 0 Å². The number of para-hydroxylation sites is 1. The van der Waals surface area contributed by atoms with Crippen molar-refractivity contribution >= 4 is 17.9 Å².